The lowest BCUT2D eigenvalue weighted by Crippen LogP contribution is -2.20. The lowest BCUT2D eigenvalue weighted by molar-refractivity contribution is 0.624. The average Bonchev–Trinajstić information content (AvgIpc) is 2.96. The Morgan fingerprint density at radius 2 is 1.81 bits per heavy atom. The van der Waals surface area contributed by atoms with Crippen LogP contribution in [-0.4, -0.2) is 19.9 Å². The van der Waals surface area contributed by atoms with Gasteiger partial charge in [-0.1, -0.05) is 40.9 Å². The molecule has 134 valence electrons. The second-order valence-electron chi connectivity index (χ2n) is 5.24. The maximum atomic E-state index is 13.1. The third kappa shape index (κ3) is 5.04. The number of halogens is 4. The minimum absolute atomic E-state index is 0.279. The van der Waals surface area contributed by atoms with Gasteiger partial charge in [-0.05, 0) is 48.1 Å². The standard InChI is InChI=1S/C16H11Cl3FN5S/c17-10-3-11(18)5-13(4-10)22-16(26)23-15-21-8-25(24-15)7-9-1-2-12(20)6-14(9)19/h1-6,8H,7H2,(H2,22,23,24,26). The SMILES string of the molecule is Fc1ccc(Cn2cnc(NC(=S)Nc3cc(Cl)cc(Cl)c3)n2)c(Cl)c1. The first-order valence-electron chi connectivity index (χ1n) is 7.26. The summed E-state index contributed by atoms with van der Waals surface area (Å²) in [7, 11) is 0. The van der Waals surface area contributed by atoms with Crippen molar-refractivity contribution in [1.29, 1.82) is 0 Å². The van der Waals surface area contributed by atoms with E-state index in [0.717, 1.165) is 5.56 Å². The molecule has 0 unspecified atom stereocenters. The van der Waals surface area contributed by atoms with Gasteiger partial charge in [0.1, 0.15) is 12.1 Å². The van der Waals surface area contributed by atoms with Gasteiger partial charge in [0.05, 0.1) is 6.54 Å². The fourth-order valence-corrected chi connectivity index (χ4v) is 3.10. The van der Waals surface area contributed by atoms with Crippen LogP contribution < -0.4 is 10.6 Å². The molecule has 26 heavy (non-hydrogen) atoms. The minimum Gasteiger partial charge on any atom is -0.332 e. The molecule has 5 nitrogen and oxygen atoms in total. The van der Waals surface area contributed by atoms with E-state index in [1.165, 1.54) is 18.5 Å². The maximum Gasteiger partial charge on any atom is 0.248 e. The van der Waals surface area contributed by atoms with Crippen LogP contribution in [0.25, 0.3) is 0 Å². The van der Waals surface area contributed by atoms with Crippen molar-refractivity contribution < 1.29 is 4.39 Å². The largest absolute Gasteiger partial charge is 0.332 e. The number of nitrogens with zero attached hydrogens (tertiary/aromatic N) is 3. The van der Waals surface area contributed by atoms with Crippen LogP contribution in [0.5, 0.6) is 0 Å². The lowest BCUT2D eigenvalue weighted by Gasteiger charge is -2.09. The van der Waals surface area contributed by atoms with E-state index in [9.17, 15) is 4.39 Å². The summed E-state index contributed by atoms with van der Waals surface area (Å²) in [6.45, 7) is 0.345. The molecule has 2 aromatic carbocycles. The van der Waals surface area contributed by atoms with Crippen LogP contribution in [0, 0.1) is 5.82 Å². The molecule has 0 saturated carbocycles. The van der Waals surface area contributed by atoms with Gasteiger partial charge in [0.2, 0.25) is 5.95 Å². The zero-order chi connectivity index (χ0) is 18.7. The van der Waals surface area contributed by atoms with E-state index >= 15 is 0 Å². The molecule has 3 rings (SSSR count). The van der Waals surface area contributed by atoms with Crippen molar-refractivity contribution in [2.45, 2.75) is 6.54 Å². The lowest BCUT2D eigenvalue weighted by atomic mass is 10.2. The summed E-state index contributed by atoms with van der Waals surface area (Å²) in [5, 5.41) is 11.6. The Kier molecular flexibility index (Phi) is 5.93. The van der Waals surface area contributed by atoms with E-state index in [4.69, 9.17) is 47.0 Å². The van der Waals surface area contributed by atoms with Gasteiger partial charge < -0.3 is 5.32 Å². The monoisotopic (exact) mass is 429 g/mol. The highest BCUT2D eigenvalue weighted by Crippen LogP contribution is 2.22. The normalized spacial score (nSPS) is 10.6. The van der Waals surface area contributed by atoms with Gasteiger partial charge in [0.15, 0.2) is 5.11 Å². The van der Waals surface area contributed by atoms with Gasteiger partial charge in [-0.15, -0.1) is 5.10 Å². The molecular formula is C16H11Cl3FN5S. The van der Waals surface area contributed by atoms with Crippen LogP contribution in [0.2, 0.25) is 15.1 Å². The first kappa shape index (κ1) is 18.8. The molecule has 0 fully saturated rings. The van der Waals surface area contributed by atoms with Crippen molar-refractivity contribution in [2.24, 2.45) is 0 Å². The van der Waals surface area contributed by atoms with Gasteiger partial charge >= 0.3 is 0 Å². The summed E-state index contributed by atoms with van der Waals surface area (Å²) in [6.07, 6.45) is 1.51. The Balaban J connectivity index is 1.63. The highest BCUT2D eigenvalue weighted by Gasteiger charge is 2.08. The van der Waals surface area contributed by atoms with Crippen molar-refractivity contribution in [1.82, 2.24) is 14.8 Å². The molecule has 0 aliphatic rings. The topological polar surface area (TPSA) is 54.8 Å². The third-order valence-corrected chi connectivity index (χ3v) is 4.22. The summed E-state index contributed by atoms with van der Waals surface area (Å²) in [5.74, 6) is -0.0916. The first-order valence-corrected chi connectivity index (χ1v) is 8.81. The second-order valence-corrected chi connectivity index (χ2v) is 6.93. The molecule has 0 radical (unpaired) electrons. The summed E-state index contributed by atoms with van der Waals surface area (Å²) < 4.78 is 14.7. The zero-order valence-corrected chi connectivity index (χ0v) is 16.1. The van der Waals surface area contributed by atoms with Gasteiger partial charge in [-0.25, -0.2) is 14.1 Å². The highest BCUT2D eigenvalue weighted by atomic mass is 35.5. The number of anilines is 2. The Morgan fingerprint density at radius 3 is 2.50 bits per heavy atom. The summed E-state index contributed by atoms with van der Waals surface area (Å²) >= 11 is 23.1. The van der Waals surface area contributed by atoms with Crippen molar-refractivity contribution in [3.05, 3.63) is 69.2 Å². The van der Waals surface area contributed by atoms with Gasteiger partial charge in [-0.3, -0.25) is 5.32 Å². The van der Waals surface area contributed by atoms with Crippen LogP contribution in [0.4, 0.5) is 16.0 Å². The molecule has 0 amide bonds. The van der Waals surface area contributed by atoms with Gasteiger partial charge in [0, 0.05) is 20.8 Å². The predicted octanol–water partition coefficient (Wildman–Crippen LogP) is 5.23. The Labute approximate surface area is 169 Å². The van der Waals surface area contributed by atoms with Crippen LogP contribution in [-0.2, 0) is 6.54 Å². The average molecular weight is 431 g/mol. The summed E-state index contributed by atoms with van der Waals surface area (Å²) in [6, 6.07) is 9.18. The zero-order valence-electron chi connectivity index (χ0n) is 13.0. The molecule has 0 aliphatic heterocycles. The number of thiocarbonyl (C=S) groups is 1. The smallest absolute Gasteiger partial charge is 0.248 e. The van der Waals surface area contributed by atoms with Crippen LogP contribution in [0.15, 0.2) is 42.7 Å². The van der Waals surface area contributed by atoms with E-state index < -0.39 is 5.82 Å². The number of aromatic nitrogens is 3. The van der Waals surface area contributed by atoms with E-state index in [2.05, 4.69) is 20.7 Å². The molecule has 0 saturated heterocycles. The molecule has 0 atom stereocenters. The number of rotatable bonds is 4. The van der Waals surface area contributed by atoms with Crippen molar-refractivity contribution in [2.75, 3.05) is 10.6 Å². The Bertz CT molecular complexity index is 943. The van der Waals surface area contributed by atoms with Crippen molar-refractivity contribution in [3.8, 4) is 0 Å². The molecule has 1 heterocycles. The fraction of sp³-hybridized carbons (Fsp3) is 0.0625. The Hall–Kier alpha value is -1.93. The van der Waals surface area contributed by atoms with Crippen molar-refractivity contribution >= 4 is 63.8 Å². The second kappa shape index (κ2) is 8.18. The quantitative estimate of drug-likeness (QED) is 0.555. The minimum atomic E-state index is -0.391. The molecular weight excluding hydrogens is 420 g/mol. The van der Waals surface area contributed by atoms with E-state index in [1.54, 1.807) is 28.9 Å². The van der Waals surface area contributed by atoms with E-state index in [0.29, 0.717) is 33.2 Å². The molecule has 0 bridgehead atoms. The highest BCUT2D eigenvalue weighted by molar-refractivity contribution is 7.80. The predicted molar refractivity (Wildman–Crippen MR) is 107 cm³/mol. The van der Waals surface area contributed by atoms with Gasteiger partial charge in [-0.2, -0.15) is 0 Å². The number of hydrogen-bond acceptors (Lipinski definition) is 3. The summed E-state index contributed by atoms with van der Waals surface area (Å²) in [5.41, 5.74) is 1.36. The molecule has 2 N–H and O–H groups in total. The summed E-state index contributed by atoms with van der Waals surface area (Å²) in [4.78, 5) is 4.12. The Morgan fingerprint density at radius 1 is 1.08 bits per heavy atom. The van der Waals surface area contributed by atoms with Crippen LogP contribution in [0.1, 0.15) is 5.56 Å². The maximum absolute atomic E-state index is 13.1. The van der Waals surface area contributed by atoms with E-state index in [-0.39, 0.29) is 5.11 Å². The van der Waals surface area contributed by atoms with Crippen LogP contribution in [0.3, 0.4) is 0 Å². The number of benzene rings is 2. The van der Waals surface area contributed by atoms with Crippen LogP contribution >= 0.6 is 47.0 Å². The third-order valence-electron chi connectivity index (χ3n) is 3.23. The van der Waals surface area contributed by atoms with E-state index in [1.807, 2.05) is 0 Å². The molecule has 1 aromatic heterocycles. The fourth-order valence-electron chi connectivity index (χ4n) is 2.14. The molecule has 3 aromatic rings. The molecule has 0 spiro atoms. The van der Waals surface area contributed by atoms with Gasteiger partial charge in [0.25, 0.3) is 0 Å². The number of nitrogens with one attached hydrogen (secondary N) is 2. The molecule has 0 aliphatic carbocycles. The number of hydrogen-bond donors (Lipinski definition) is 2. The molecule has 10 heteroatoms. The van der Waals surface area contributed by atoms with Crippen molar-refractivity contribution in [3.63, 3.8) is 0 Å². The first-order chi connectivity index (χ1) is 12.4.